The third-order valence-electron chi connectivity index (χ3n) is 1.17. The molecule has 0 radical (unpaired) electrons. The van der Waals surface area contributed by atoms with Gasteiger partial charge in [0.15, 0.2) is 5.75 Å². The maximum atomic E-state index is 10.6. The molecule has 4 nitrogen and oxygen atoms in total. The first kappa shape index (κ1) is 17.2. The molecule has 0 fully saturated rings. The predicted octanol–water partition coefficient (Wildman–Crippen LogP) is 2.80. The number of halogens is 3. The Hall–Kier alpha value is 2.25. The Morgan fingerprint density at radius 2 is 1.53 bits per heavy atom. The molecule has 0 heterocycles. The number of rotatable bonds is 2. The van der Waals surface area contributed by atoms with Gasteiger partial charge in [-0.25, -0.2) is 4.57 Å². The summed E-state index contributed by atoms with van der Waals surface area (Å²) in [5, 5.41) is 0. The zero-order valence-corrected chi connectivity index (χ0v) is 12.1. The fourth-order valence-corrected chi connectivity index (χ4v) is 3.84. The van der Waals surface area contributed by atoms with Gasteiger partial charge in [-0.05, 0) is 44.0 Å². The van der Waals surface area contributed by atoms with Crippen LogP contribution in [0.3, 0.4) is 0 Å². The van der Waals surface area contributed by atoms with E-state index in [4.69, 9.17) is 9.79 Å². The topological polar surface area (TPSA) is 66.8 Å². The second-order valence-corrected chi connectivity index (χ2v) is 6.07. The summed E-state index contributed by atoms with van der Waals surface area (Å²) in [6.07, 6.45) is 0. The van der Waals surface area contributed by atoms with E-state index in [1.165, 1.54) is 0 Å². The second kappa shape index (κ2) is 6.99. The van der Waals surface area contributed by atoms with Crippen molar-refractivity contribution in [1.82, 2.24) is 0 Å². The maximum absolute atomic E-state index is 10.6. The molecule has 9 heteroatoms. The van der Waals surface area contributed by atoms with E-state index >= 15 is 0 Å². The van der Waals surface area contributed by atoms with E-state index in [1.54, 1.807) is 12.1 Å². The van der Waals surface area contributed by atoms with Gasteiger partial charge in [0.1, 0.15) is 0 Å². The molecule has 15 heavy (non-hydrogen) atoms. The number of phosphoric ester groups is 1. The van der Waals surface area contributed by atoms with Crippen LogP contribution in [0.25, 0.3) is 0 Å². The van der Waals surface area contributed by atoms with Crippen molar-refractivity contribution in [2.45, 2.75) is 0 Å². The molecule has 80 valence electrons. The van der Waals surface area contributed by atoms with Crippen LogP contribution in [-0.4, -0.2) is 61.2 Å². The van der Waals surface area contributed by atoms with Gasteiger partial charge in [-0.15, -0.1) is 0 Å². The molecule has 0 aromatic heterocycles. The summed E-state index contributed by atoms with van der Waals surface area (Å²) in [5.41, 5.74) is 0. The minimum atomic E-state index is -4.53. The summed E-state index contributed by atoms with van der Waals surface area (Å²) >= 11 is 9.46. The van der Waals surface area contributed by atoms with Gasteiger partial charge in [-0.2, -0.15) is 0 Å². The summed E-state index contributed by atoms with van der Waals surface area (Å²) in [7, 11) is -4.53. The number of hydrogen-bond donors (Lipinski definition) is 2. The standard InChI is InChI=1S/C6H4Br3O4P.K.H/c7-3-1-4(8)6(5(9)2-3)13-14(10,11)12;;/h1-2H,(H2,10,11,12);;. The molecule has 0 aliphatic carbocycles. The first-order valence-corrected chi connectivity index (χ1v) is 7.10. The van der Waals surface area contributed by atoms with Gasteiger partial charge >= 0.3 is 59.2 Å². The van der Waals surface area contributed by atoms with Crippen LogP contribution in [-0.2, 0) is 4.57 Å². The van der Waals surface area contributed by atoms with Crippen LogP contribution in [0.5, 0.6) is 5.75 Å². The van der Waals surface area contributed by atoms with E-state index in [9.17, 15) is 4.57 Å². The Bertz CT molecular complexity index is 384. The zero-order chi connectivity index (χ0) is 10.9. The Morgan fingerprint density at radius 1 is 1.13 bits per heavy atom. The Labute approximate surface area is 154 Å². The van der Waals surface area contributed by atoms with Crippen molar-refractivity contribution >= 4 is 107 Å². The predicted molar refractivity (Wildman–Crippen MR) is 69.4 cm³/mol. The minimum absolute atomic E-state index is 0. The summed E-state index contributed by atoms with van der Waals surface area (Å²) < 4.78 is 16.7. The molecule has 0 saturated heterocycles. The van der Waals surface area contributed by atoms with Crippen LogP contribution in [0.4, 0.5) is 0 Å². The van der Waals surface area contributed by atoms with Crippen LogP contribution in [0.1, 0.15) is 0 Å². The molecule has 0 unspecified atom stereocenters. The molecule has 0 spiro atoms. The van der Waals surface area contributed by atoms with Crippen molar-refractivity contribution in [2.75, 3.05) is 0 Å². The summed E-state index contributed by atoms with van der Waals surface area (Å²) in [6, 6.07) is 3.24. The van der Waals surface area contributed by atoms with Crippen molar-refractivity contribution in [3.8, 4) is 5.75 Å². The molecular formula is C6H5Br3KO4P. The third kappa shape index (κ3) is 6.10. The molecular weight excluding hydrogens is 446 g/mol. The van der Waals surface area contributed by atoms with E-state index in [0.29, 0.717) is 8.95 Å². The molecule has 0 aliphatic heterocycles. The van der Waals surface area contributed by atoms with Crippen molar-refractivity contribution in [2.24, 2.45) is 0 Å². The molecule has 0 aliphatic rings. The van der Waals surface area contributed by atoms with Crippen molar-refractivity contribution in [3.63, 3.8) is 0 Å². The SMILES string of the molecule is O=P(O)(O)Oc1c(Br)cc(Br)cc1Br.[KH]. The fraction of sp³-hybridized carbons (Fsp3) is 0. The van der Waals surface area contributed by atoms with Gasteiger partial charge in [0, 0.05) is 4.47 Å². The van der Waals surface area contributed by atoms with Crippen molar-refractivity contribution < 1.29 is 18.9 Å². The van der Waals surface area contributed by atoms with E-state index in [0.717, 1.165) is 4.47 Å². The average Bonchev–Trinajstić information content (AvgIpc) is 1.95. The molecule has 1 aromatic rings. The zero-order valence-electron chi connectivity index (χ0n) is 6.45. The number of hydrogen-bond acceptors (Lipinski definition) is 2. The summed E-state index contributed by atoms with van der Waals surface area (Å²) in [5.74, 6) is 0.0709. The molecule has 2 N–H and O–H groups in total. The fourth-order valence-electron chi connectivity index (χ4n) is 0.735. The Balaban J connectivity index is 0.00000196. The van der Waals surface area contributed by atoms with E-state index in [-0.39, 0.29) is 57.1 Å². The van der Waals surface area contributed by atoms with Crippen molar-refractivity contribution in [3.05, 3.63) is 25.6 Å². The number of phosphoric acid groups is 1. The van der Waals surface area contributed by atoms with Crippen LogP contribution in [0, 0.1) is 0 Å². The summed E-state index contributed by atoms with van der Waals surface area (Å²) in [6.45, 7) is 0. The third-order valence-corrected chi connectivity index (χ3v) is 3.23. The van der Waals surface area contributed by atoms with Gasteiger partial charge < -0.3 is 4.52 Å². The van der Waals surface area contributed by atoms with Crippen LogP contribution < -0.4 is 4.52 Å². The van der Waals surface area contributed by atoms with Crippen LogP contribution in [0.15, 0.2) is 25.6 Å². The normalized spacial score (nSPS) is 10.7. The molecule has 0 atom stereocenters. The first-order chi connectivity index (χ1) is 6.29. The average molecular weight is 451 g/mol. The Kier molecular flexibility index (Phi) is 8.03. The first-order valence-electron chi connectivity index (χ1n) is 3.19. The molecule has 0 saturated carbocycles. The monoisotopic (exact) mass is 448 g/mol. The quantitative estimate of drug-likeness (QED) is 0.537. The van der Waals surface area contributed by atoms with E-state index in [1.807, 2.05) is 0 Å². The van der Waals surface area contributed by atoms with Crippen molar-refractivity contribution in [1.29, 1.82) is 0 Å². The molecule has 0 bridgehead atoms. The van der Waals surface area contributed by atoms with Gasteiger partial charge in [-0.3, -0.25) is 9.79 Å². The van der Waals surface area contributed by atoms with E-state index in [2.05, 4.69) is 52.3 Å². The molecule has 1 aromatic carbocycles. The van der Waals surface area contributed by atoms with Crippen LogP contribution >= 0.6 is 55.6 Å². The van der Waals surface area contributed by atoms with Gasteiger partial charge in [-0.1, -0.05) is 15.9 Å². The molecule has 1 rings (SSSR count). The number of benzene rings is 1. The summed E-state index contributed by atoms with van der Waals surface area (Å²) in [4.78, 5) is 17.2. The molecule has 0 amide bonds. The van der Waals surface area contributed by atoms with Crippen LogP contribution in [0.2, 0.25) is 0 Å². The second-order valence-electron chi connectivity index (χ2n) is 2.28. The van der Waals surface area contributed by atoms with Gasteiger partial charge in [0.2, 0.25) is 0 Å². The van der Waals surface area contributed by atoms with Gasteiger partial charge in [0.25, 0.3) is 0 Å². The van der Waals surface area contributed by atoms with Gasteiger partial charge in [0.05, 0.1) is 8.95 Å². The Morgan fingerprint density at radius 3 is 1.87 bits per heavy atom. The van der Waals surface area contributed by atoms with E-state index < -0.39 is 7.82 Å².